The summed E-state index contributed by atoms with van der Waals surface area (Å²) in [4.78, 5) is 0. The maximum Gasteiger partial charge on any atom is 0.106 e. The van der Waals surface area contributed by atoms with Crippen molar-refractivity contribution >= 4 is 31.9 Å². The molecule has 0 amide bonds. The quantitative estimate of drug-likeness (QED) is 0.635. The van der Waals surface area contributed by atoms with Crippen LogP contribution in [0.2, 0.25) is 0 Å². The molecule has 1 aliphatic rings. The number of hydrogen-bond donors (Lipinski definition) is 0. The van der Waals surface area contributed by atoms with Gasteiger partial charge in [-0.05, 0) is 24.0 Å². The minimum Gasteiger partial charge on any atom is -0.0674 e. The van der Waals surface area contributed by atoms with E-state index in [0.717, 1.165) is 6.42 Å². The summed E-state index contributed by atoms with van der Waals surface area (Å²) in [5.74, 6) is 0. The summed E-state index contributed by atoms with van der Waals surface area (Å²) >= 11 is 7.32. The Kier molecular flexibility index (Phi) is 1.84. The van der Waals surface area contributed by atoms with Crippen LogP contribution in [0, 0.1) is 0 Å². The molecule has 1 aliphatic carbocycles. The molecule has 1 aromatic rings. The van der Waals surface area contributed by atoms with Gasteiger partial charge < -0.3 is 0 Å². The Balaban J connectivity index is 2.56. The van der Waals surface area contributed by atoms with Crippen molar-refractivity contribution in [2.45, 2.75) is 16.1 Å². The lowest BCUT2D eigenvalue weighted by Crippen LogP contribution is -2.01. The molecule has 1 aromatic carbocycles. The lowest BCUT2D eigenvalue weighted by molar-refractivity contribution is 0.865. The van der Waals surface area contributed by atoms with Gasteiger partial charge in [0.25, 0.3) is 0 Å². The maximum atomic E-state index is 3.66. The highest BCUT2D eigenvalue weighted by Gasteiger charge is 2.32. The van der Waals surface area contributed by atoms with E-state index >= 15 is 0 Å². The van der Waals surface area contributed by atoms with Gasteiger partial charge in [-0.15, -0.1) is 0 Å². The van der Waals surface area contributed by atoms with E-state index in [1.807, 2.05) is 0 Å². The molecule has 58 valence electrons. The molecule has 0 unspecified atom stereocenters. The highest BCUT2D eigenvalue weighted by atomic mass is 79.9. The van der Waals surface area contributed by atoms with Crippen LogP contribution < -0.4 is 0 Å². The van der Waals surface area contributed by atoms with E-state index in [9.17, 15) is 0 Å². The zero-order valence-corrected chi connectivity index (χ0v) is 9.15. The van der Waals surface area contributed by atoms with Gasteiger partial charge in [0, 0.05) is 0 Å². The Labute approximate surface area is 83.3 Å². The monoisotopic (exact) mass is 274 g/mol. The number of halogens is 2. The molecule has 0 bridgehead atoms. The average Bonchev–Trinajstić information content (AvgIpc) is 2.29. The number of aryl methyl sites for hydroxylation is 1. The fraction of sp³-hybridized carbons (Fsp3) is 0.333. The van der Waals surface area contributed by atoms with Crippen molar-refractivity contribution in [3.8, 4) is 0 Å². The summed E-state index contributed by atoms with van der Waals surface area (Å²) in [6, 6.07) is 8.55. The Morgan fingerprint density at radius 1 is 1.18 bits per heavy atom. The van der Waals surface area contributed by atoms with Crippen LogP contribution in [0.4, 0.5) is 0 Å². The molecule has 0 nitrogen and oxygen atoms in total. The first kappa shape index (κ1) is 7.81. The first-order valence-electron chi connectivity index (χ1n) is 3.66. The second-order valence-corrected chi connectivity index (χ2v) is 6.63. The van der Waals surface area contributed by atoms with Gasteiger partial charge in [-0.1, -0.05) is 56.1 Å². The van der Waals surface area contributed by atoms with Gasteiger partial charge in [0.15, 0.2) is 0 Å². The van der Waals surface area contributed by atoms with E-state index in [1.165, 1.54) is 17.5 Å². The van der Waals surface area contributed by atoms with Crippen LogP contribution in [-0.4, -0.2) is 0 Å². The van der Waals surface area contributed by atoms with E-state index in [2.05, 4.69) is 56.1 Å². The van der Waals surface area contributed by atoms with Crippen molar-refractivity contribution in [3.05, 3.63) is 35.4 Å². The number of fused-ring (bicyclic) bond motifs is 1. The Hall–Kier alpha value is 0.180. The topological polar surface area (TPSA) is 0 Å². The summed E-state index contributed by atoms with van der Waals surface area (Å²) < 4.78 is 0.0522. The fourth-order valence-corrected chi connectivity index (χ4v) is 2.69. The third-order valence-corrected chi connectivity index (χ3v) is 3.77. The lowest BCUT2D eigenvalue weighted by atomic mass is 10.1. The second kappa shape index (κ2) is 2.60. The molecule has 0 N–H and O–H groups in total. The van der Waals surface area contributed by atoms with Crippen molar-refractivity contribution in [2.75, 3.05) is 0 Å². The molecule has 11 heavy (non-hydrogen) atoms. The van der Waals surface area contributed by atoms with Crippen LogP contribution in [0.15, 0.2) is 24.3 Å². The second-order valence-electron chi connectivity index (χ2n) is 2.86. The number of hydrogen-bond acceptors (Lipinski definition) is 0. The van der Waals surface area contributed by atoms with E-state index in [1.54, 1.807) is 0 Å². The predicted molar refractivity (Wildman–Crippen MR) is 54.3 cm³/mol. The molecule has 0 fully saturated rings. The summed E-state index contributed by atoms with van der Waals surface area (Å²) in [6.45, 7) is 0. The number of rotatable bonds is 0. The van der Waals surface area contributed by atoms with Crippen LogP contribution in [0.5, 0.6) is 0 Å². The molecular formula is C9H8Br2. The molecule has 0 atom stereocenters. The number of benzene rings is 1. The SMILES string of the molecule is BrC1(Br)CCc2ccccc21. The van der Waals surface area contributed by atoms with Crippen LogP contribution in [0.3, 0.4) is 0 Å². The Morgan fingerprint density at radius 3 is 2.64 bits per heavy atom. The maximum absolute atomic E-state index is 3.66. The van der Waals surface area contributed by atoms with Crippen LogP contribution >= 0.6 is 31.9 Å². The summed E-state index contributed by atoms with van der Waals surface area (Å²) in [7, 11) is 0. The normalized spacial score (nSPS) is 19.8. The van der Waals surface area contributed by atoms with Gasteiger partial charge in [-0.2, -0.15) is 0 Å². The molecule has 0 aliphatic heterocycles. The van der Waals surface area contributed by atoms with Crippen molar-refractivity contribution in [1.29, 1.82) is 0 Å². The minimum absolute atomic E-state index is 0.0522. The zero-order valence-electron chi connectivity index (χ0n) is 5.98. The Bertz CT molecular complexity index is 279. The third-order valence-electron chi connectivity index (χ3n) is 2.12. The molecule has 0 saturated heterocycles. The predicted octanol–water partition coefficient (Wildman–Crippen LogP) is 3.58. The zero-order chi connectivity index (χ0) is 7.90. The standard InChI is InChI=1S/C9H8Br2/c10-9(11)6-5-7-3-1-2-4-8(7)9/h1-4H,5-6H2. The van der Waals surface area contributed by atoms with Crippen LogP contribution in [0.25, 0.3) is 0 Å². The first-order valence-corrected chi connectivity index (χ1v) is 5.25. The average molecular weight is 276 g/mol. The molecule has 2 heteroatoms. The van der Waals surface area contributed by atoms with E-state index in [0.29, 0.717) is 0 Å². The molecule has 0 saturated carbocycles. The lowest BCUT2D eigenvalue weighted by Gasteiger charge is -2.13. The van der Waals surface area contributed by atoms with Crippen LogP contribution in [0.1, 0.15) is 17.5 Å². The van der Waals surface area contributed by atoms with Gasteiger partial charge in [0.1, 0.15) is 3.23 Å². The third kappa shape index (κ3) is 1.27. The molecular weight excluding hydrogens is 268 g/mol. The Morgan fingerprint density at radius 2 is 1.91 bits per heavy atom. The van der Waals surface area contributed by atoms with Gasteiger partial charge >= 0.3 is 0 Å². The molecule has 0 radical (unpaired) electrons. The van der Waals surface area contributed by atoms with Crippen molar-refractivity contribution in [3.63, 3.8) is 0 Å². The minimum atomic E-state index is 0.0522. The van der Waals surface area contributed by atoms with Crippen molar-refractivity contribution < 1.29 is 0 Å². The van der Waals surface area contributed by atoms with E-state index in [-0.39, 0.29) is 3.23 Å². The van der Waals surface area contributed by atoms with E-state index in [4.69, 9.17) is 0 Å². The van der Waals surface area contributed by atoms with Crippen molar-refractivity contribution in [1.82, 2.24) is 0 Å². The molecule has 0 spiro atoms. The van der Waals surface area contributed by atoms with E-state index < -0.39 is 0 Å². The highest BCUT2D eigenvalue weighted by molar-refractivity contribution is 9.24. The molecule has 2 rings (SSSR count). The highest BCUT2D eigenvalue weighted by Crippen LogP contribution is 2.48. The first-order chi connectivity index (χ1) is 5.20. The molecule has 0 aromatic heterocycles. The summed E-state index contributed by atoms with van der Waals surface area (Å²) in [5.41, 5.74) is 2.85. The fourth-order valence-electron chi connectivity index (χ4n) is 1.52. The summed E-state index contributed by atoms with van der Waals surface area (Å²) in [6.07, 6.45) is 2.32. The van der Waals surface area contributed by atoms with Gasteiger partial charge in [0.2, 0.25) is 0 Å². The summed E-state index contributed by atoms with van der Waals surface area (Å²) in [5, 5.41) is 0. The van der Waals surface area contributed by atoms with Crippen LogP contribution in [-0.2, 0) is 9.65 Å². The van der Waals surface area contributed by atoms with Gasteiger partial charge in [0.05, 0.1) is 0 Å². The smallest absolute Gasteiger partial charge is 0.0674 e. The largest absolute Gasteiger partial charge is 0.106 e. The van der Waals surface area contributed by atoms with Crippen molar-refractivity contribution in [2.24, 2.45) is 0 Å². The number of alkyl halides is 2. The van der Waals surface area contributed by atoms with Gasteiger partial charge in [-0.3, -0.25) is 0 Å². The van der Waals surface area contributed by atoms with Gasteiger partial charge in [-0.25, -0.2) is 0 Å². The molecule has 0 heterocycles.